The molecule has 0 radical (unpaired) electrons. The Morgan fingerprint density at radius 2 is 1.91 bits per heavy atom. The molecule has 1 aromatic carbocycles. The van der Waals surface area contributed by atoms with Crippen LogP contribution in [0.15, 0.2) is 36.4 Å². The van der Waals surface area contributed by atoms with Gasteiger partial charge >= 0.3 is 6.18 Å². The van der Waals surface area contributed by atoms with Crippen molar-refractivity contribution < 1.29 is 22.8 Å². The Morgan fingerprint density at radius 1 is 1.20 bits per heavy atom. The van der Waals surface area contributed by atoms with E-state index in [1.807, 2.05) is 13.0 Å². The van der Waals surface area contributed by atoms with Gasteiger partial charge in [0.2, 0.25) is 5.91 Å². The Balaban J connectivity index is 1.57. The van der Waals surface area contributed by atoms with Gasteiger partial charge in [-0.05, 0) is 50.1 Å². The normalized spacial score (nSPS) is 19.5. The van der Waals surface area contributed by atoms with Gasteiger partial charge in [0.25, 0.3) is 5.91 Å². The highest BCUT2D eigenvalue weighted by Gasteiger charge is 2.51. The van der Waals surface area contributed by atoms with Crippen LogP contribution in [0.2, 0.25) is 0 Å². The molecule has 2 aliphatic heterocycles. The number of pyridine rings is 1. The van der Waals surface area contributed by atoms with Crippen LogP contribution in [0.1, 0.15) is 40.2 Å². The maximum absolute atomic E-state index is 13.5. The van der Waals surface area contributed by atoms with Crippen LogP contribution in [-0.4, -0.2) is 54.9 Å². The Hall–Kier alpha value is -3.61. The number of aryl methyl sites for hydroxylation is 1. The third kappa shape index (κ3) is 4.67. The molecule has 1 N–H and O–H groups in total. The lowest BCUT2D eigenvalue weighted by molar-refractivity contribution is -0.137. The van der Waals surface area contributed by atoms with E-state index in [4.69, 9.17) is 5.26 Å². The lowest BCUT2D eigenvalue weighted by atomic mass is 9.70. The summed E-state index contributed by atoms with van der Waals surface area (Å²) in [5.41, 5.74) is -0.464. The highest BCUT2D eigenvalue weighted by Crippen LogP contribution is 2.47. The van der Waals surface area contributed by atoms with Crippen molar-refractivity contribution in [2.75, 3.05) is 38.1 Å². The van der Waals surface area contributed by atoms with Crippen LogP contribution in [0, 0.1) is 29.6 Å². The quantitative estimate of drug-likeness (QED) is 0.720. The number of amides is 2. The number of benzene rings is 1. The molecule has 1 unspecified atom stereocenters. The predicted molar refractivity (Wildman–Crippen MR) is 122 cm³/mol. The van der Waals surface area contributed by atoms with E-state index in [1.165, 1.54) is 12.1 Å². The molecule has 3 heterocycles. The van der Waals surface area contributed by atoms with E-state index >= 15 is 0 Å². The van der Waals surface area contributed by atoms with E-state index in [-0.39, 0.29) is 18.4 Å². The lowest BCUT2D eigenvalue weighted by Gasteiger charge is -2.41. The van der Waals surface area contributed by atoms with E-state index in [0.29, 0.717) is 43.9 Å². The first kappa shape index (κ1) is 24.5. The third-order valence-electron chi connectivity index (χ3n) is 7.16. The molecule has 1 aromatic heterocycles. The van der Waals surface area contributed by atoms with Crippen LogP contribution in [-0.2, 0) is 11.0 Å². The first-order valence-electron chi connectivity index (χ1n) is 11.4. The van der Waals surface area contributed by atoms with Crippen molar-refractivity contribution in [2.24, 2.45) is 11.3 Å². The average molecular weight is 486 g/mol. The van der Waals surface area contributed by atoms with Gasteiger partial charge in [0, 0.05) is 50.0 Å². The monoisotopic (exact) mass is 485 g/mol. The number of piperidine rings is 1. The molecule has 184 valence electrons. The number of rotatable bonds is 3. The highest BCUT2D eigenvalue weighted by atomic mass is 19.4. The first-order chi connectivity index (χ1) is 16.6. The molecule has 2 saturated heterocycles. The topological polar surface area (TPSA) is 89.3 Å². The molecular formula is C25H26F3N5O2. The zero-order chi connectivity index (χ0) is 25.4. The molecule has 10 heteroatoms. The minimum absolute atomic E-state index is 0.169. The van der Waals surface area contributed by atoms with Crippen molar-refractivity contribution in [2.45, 2.75) is 25.9 Å². The van der Waals surface area contributed by atoms with Gasteiger partial charge in [0.1, 0.15) is 5.69 Å². The van der Waals surface area contributed by atoms with E-state index < -0.39 is 28.6 Å². The minimum Gasteiger partial charge on any atom is -0.370 e. The van der Waals surface area contributed by atoms with E-state index in [2.05, 4.69) is 10.3 Å². The predicted octanol–water partition coefficient (Wildman–Crippen LogP) is 3.39. The summed E-state index contributed by atoms with van der Waals surface area (Å²) in [5.74, 6) is -0.777. The molecule has 1 atom stereocenters. The number of nitrogens with zero attached hydrogens (tertiary/aromatic N) is 4. The van der Waals surface area contributed by atoms with Crippen LogP contribution in [0.25, 0.3) is 0 Å². The van der Waals surface area contributed by atoms with Gasteiger partial charge in [-0.3, -0.25) is 9.59 Å². The van der Waals surface area contributed by atoms with Crippen molar-refractivity contribution in [1.29, 1.82) is 5.26 Å². The molecule has 2 fully saturated rings. The van der Waals surface area contributed by atoms with Crippen LogP contribution in [0.4, 0.5) is 18.9 Å². The summed E-state index contributed by atoms with van der Waals surface area (Å²) < 4.78 is 40.6. The summed E-state index contributed by atoms with van der Waals surface area (Å²) in [6.45, 7) is 3.32. The fourth-order valence-corrected chi connectivity index (χ4v) is 5.25. The Morgan fingerprint density at radius 3 is 2.51 bits per heavy atom. The first-order valence-corrected chi connectivity index (χ1v) is 11.4. The molecule has 1 spiro atoms. The lowest BCUT2D eigenvalue weighted by Crippen LogP contribution is -2.49. The average Bonchev–Trinajstić information content (AvgIpc) is 3.21. The van der Waals surface area contributed by atoms with E-state index in [1.54, 1.807) is 35.0 Å². The number of hydrogen-bond donors (Lipinski definition) is 1. The van der Waals surface area contributed by atoms with Gasteiger partial charge in [0.05, 0.1) is 23.1 Å². The molecular weight excluding hydrogens is 459 g/mol. The van der Waals surface area contributed by atoms with Crippen LogP contribution >= 0.6 is 0 Å². The fourth-order valence-electron chi connectivity index (χ4n) is 5.25. The number of likely N-dealkylation sites (tertiary alicyclic amines) is 1. The number of nitrogens with one attached hydrogen (secondary N) is 1. The van der Waals surface area contributed by atoms with Gasteiger partial charge < -0.3 is 15.1 Å². The molecule has 7 nitrogen and oxygen atoms in total. The number of hydrogen-bond acceptors (Lipinski definition) is 5. The highest BCUT2D eigenvalue weighted by molar-refractivity contribution is 5.92. The Bertz CT molecular complexity index is 1180. The maximum Gasteiger partial charge on any atom is 0.417 e. The molecule has 35 heavy (non-hydrogen) atoms. The summed E-state index contributed by atoms with van der Waals surface area (Å²) in [6.07, 6.45) is -3.57. The maximum atomic E-state index is 13.5. The molecule has 0 bridgehead atoms. The number of halogens is 3. The molecule has 2 amide bonds. The summed E-state index contributed by atoms with van der Waals surface area (Å²) in [5, 5.41) is 11.8. The van der Waals surface area contributed by atoms with Crippen molar-refractivity contribution in [1.82, 2.24) is 15.2 Å². The zero-order valence-electron chi connectivity index (χ0n) is 19.5. The fraction of sp³-hybridized carbons (Fsp3) is 0.440. The summed E-state index contributed by atoms with van der Waals surface area (Å²) >= 11 is 0. The van der Waals surface area contributed by atoms with Crippen LogP contribution < -0.4 is 10.2 Å². The molecule has 0 aliphatic carbocycles. The van der Waals surface area contributed by atoms with Gasteiger partial charge in [0.15, 0.2) is 0 Å². The zero-order valence-corrected chi connectivity index (χ0v) is 19.5. The number of anilines is 1. The van der Waals surface area contributed by atoms with Gasteiger partial charge in [-0.1, -0.05) is 6.07 Å². The second kappa shape index (κ2) is 9.21. The summed E-state index contributed by atoms with van der Waals surface area (Å²) in [4.78, 5) is 33.6. The second-order valence-electron chi connectivity index (χ2n) is 9.21. The van der Waals surface area contributed by atoms with Gasteiger partial charge in [-0.2, -0.15) is 18.4 Å². The minimum atomic E-state index is -4.66. The standard InChI is InChI=1S/C25H26F3N5O2/c1-16-4-3-5-21(31-16)23(35)32-10-8-24(9-11-32)15-33(14-20(24)22(34)30-2)18-7-6-17(13-29)19(12-18)25(26,27)28/h3-7,12,20H,8-11,14-15H2,1-2H3,(H,30,34). The van der Waals surface area contributed by atoms with Crippen molar-refractivity contribution in [3.8, 4) is 6.07 Å². The number of aromatic nitrogens is 1. The SMILES string of the molecule is CNC(=O)C1CN(c2ccc(C#N)c(C(F)(F)F)c2)CC12CCN(C(=O)c1cccc(C)n1)CC2. The molecule has 4 rings (SSSR count). The van der Waals surface area contributed by atoms with Crippen molar-refractivity contribution in [3.05, 3.63) is 58.9 Å². The number of alkyl halides is 3. The summed E-state index contributed by atoms with van der Waals surface area (Å²) in [7, 11) is 1.55. The van der Waals surface area contributed by atoms with Gasteiger partial charge in [-0.25, -0.2) is 4.98 Å². The number of carbonyl (C=O) groups is 2. The Labute approximate surface area is 201 Å². The number of carbonyl (C=O) groups excluding carboxylic acids is 2. The molecule has 2 aromatic rings. The van der Waals surface area contributed by atoms with Gasteiger partial charge in [-0.15, -0.1) is 0 Å². The molecule has 0 saturated carbocycles. The largest absolute Gasteiger partial charge is 0.417 e. The smallest absolute Gasteiger partial charge is 0.370 e. The van der Waals surface area contributed by atoms with Crippen molar-refractivity contribution in [3.63, 3.8) is 0 Å². The van der Waals surface area contributed by atoms with Crippen LogP contribution in [0.5, 0.6) is 0 Å². The third-order valence-corrected chi connectivity index (χ3v) is 7.16. The number of nitriles is 1. The van der Waals surface area contributed by atoms with E-state index in [9.17, 15) is 22.8 Å². The summed E-state index contributed by atoms with van der Waals surface area (Å²) in [6, 6.07) is 10.5. The van der Waals surface area contributed by atoms with Crippen LogP contribution in [0.3, 0.4) is 0 Å². The van der Waals surface area contributed by atoms with Crippen molar-refractivity contribution >= 4 is 17.5 Å². The Kier molecular flexibility index (Phi) is 6.45. The van der Waals surface area contributed by atoms with E-state index in [0.717, 1.165) is 11.8 Å². The second-order valence-corrected chi connectivity index (χ2v) is 9.21. The molecule has 2 aliphatic rings.